The molecule has 0 spiro atoms. The second-order valence-corrected chi connectivity index (χ2v) is 8.05. The topological polar surface area (TPSA) is 34.1 Å². The summed E-state index contributed by atoms with van der Waals surface area (Å²) < 4.78 is 12.1. The average molecular weight is 254 g/mol. The van der Waals surface area contributed by atoms with Gasteiger partial charge in [0.05, 0.1) is 0 Å². The third kappa shape index (κ3) is 2.23. The van der Waals surface area contributed by atoms with Crippen molar-refractivity contribution in [1.82, 2.24) is 0 Å². The van der Waals surface area contributed by atoms with Gasteiger partial charge >= 0.3 is 0 Å². The predicted octanol–water partition coefficient (Wildman–Crippen LogP) is 2.83. The van der Waals surface area contributed by atoms with E-state index in [-0.39, 0.29) is 5.92 Å². The summed E-state index contributed by atoms with van der Waals surface area (Å²) >= 11 is 0. The molecule has 0 aromatic rings. The van der Waals surface area contributed by atoms with Gasteiger partial charge in [-0.15, -0.1) is 0 Å². The summed E-state index contributed by atoms with van der Waals surface area (Å²) in [7, 11) is -0.627. The van der Waals surface area contributed by atoms with Gasteiger partial charge in [-0.1, -0.05) is 19.3 Å². The molecule has 0 amide bonds. The van der Waals surface area contributed by atoms with Crippen LogP contribution in [0.5, 0.6) is 0 Å². The summed E-state index contributed by atoms with van der Waals surface area (Å²) in [4.78, 5) is 12.4. The van der Waals surface area contributed by atoms with Crippen LogP contribution >= 0.6 is 0 Å². The normalized spacial score (nSPS) is 42.6. The fraction of sp³-hybridized carbons (Fsp3) is 0.929. The van der Waals surface area contributed by atoms with Gasteiger partial charge in [-0.25, -0.2) is 0 Å². The van der Waals surface area contributed by atoms with Crippen molar-refractivity contribution in [2.24, 2.45) is 11.8 Å². The summed E-state index contributed by atoms with van der Waals surface area (Å²) in [6.07, 6.45) is 9.99. The van der Waals surface area contributed by atoms with E-state index < -0.39 is 10.8 Å². The first kappa shape index (κ1) is 11.9. The molecule has 0 aromatic carbocycles. The maximum absolute atomic E-state index is 12.4. The molecule has 3 aliphatic rings. The van der Waals surface area contributed by atoms with E-state index in [0.29, 0.717) is 22.2 Å². The van der Waals surface area contributed by atoms with E-state index in [1.54, 1.807) is 0 Å². The zero-order valence-corrected chi connectivity index (χ0v) is 11.2. The van der Waals surface area contributed by atoms with E-state index in [4.69, 9.17) is 0 Å². The molecule has 2 aliphatic heterocycles. The molecule has 96 valence electrons. The summed E-state index contributed by atoms with van der Waals surface area (Å²) in [6, 6.07) is 0. The van der Waals surface area contributed by atoms with Gasteiger partial charge in [-0.05, 0) is 38.5 Å². The Morgan fingerprint density at radius 1 is 0.824 bits per heavy atom. The van der Waals surface area contributed by atoms with Crippen LogP contribution in [0.25, 0.3) is 0 Å². The van der Waals surface area contributed by atoms with Crippen LogP contribution in [-0.2, 0) is 15.6 Å². The van der Waals surface area contributed by atoms with Crippen molar-refractivity contribution < 1.29 is 9.00 Å². The van der Waals surface area contributed by atoms with Gasteiger partial charge in [-0.3, -0.25) is 9.00 Å². The van der Waals surface area contributed by atoms with Crippen molar-refractivity contribution >= 4 is 16.6 Å². The Morgan fingerprint density at radius 3 is 2.00 bits per heavy atom. The van der Waals surface area contributed by atoms with Crippen LogP contribution in [0.1, 0.15) is 57.8 Å². The smallest absolute Gasteiger partial charge is 0.139 e. The first-order valence-electron chi connectivity index (χ1n) is 7.19. The molecule has 3 fully saturated rings. The fourth-order valence-corrected chi connectivity index (χ4v) is 6.20. The Kier molecular flexibility index (Phi) is 3.38. The number of carbonyl (C=O) groups excluding carboxylic acids is 1. The average Bonchev–Trinajstić information content (AvgIpc) is 2.81. The molecule has 0 aromatic heterocycles. The number of carbonyl (C=O) groups is 1. The van der Waals surface area contributed by atoms with Crippen LogP contribution in [-0.4, -0.2) is 20.5 Å². The number of ketones is 1. The molecule has 2 nitrogen and oxygen atoms in total. The quantitative estimate of drug-likeness (QED) is 0.759. The zero-order valence-electron chi connectivity index (χ0n) is 10.4. The monoisotopic (exact) mass is 254 g/mol. The van der Waals surface area contributed by atoms with E-state index >= 15 is 0 Å². The molecule has 2 heterocycles. The van der Waals surface area contributed by atoms with E-state index in [2.05, 4.69) is 0 Å². The second kappa shape index (κ2) is 4.83. The Hall–Kier alpha value is -0.180. The minimum absolute atomic E-state index is 0.256. The first-order chi connectivity index (χ1) is 8.25. The molecule has 2 bridgehead atoms. The fourth-order valence-electron chi connectivity index (χ4n) is 4.01. The SMILES string of the molecule is O=C(C1CCCC1)C1CC2CCCC(C1)S2=O. The maximum atomic E-state index is 12.4. The molecule has 1 aliphatic carbocycles. The van der Waals surface area contributed by atoms with Gasteiger partial charge in [0.25, 0.3) is 0 Å². The summed E-state index contributed by atoms with van der Waals surface area (Å²) in [6.45, 7) is 0. The van der Waals surface area contributed by atoms with Gasteiger partial charge in [0.2, 0.25) is 0 Å². The van der Waals surface area contributed by atoms with Crippen LogP contribution in [0.2, 0.25) is 0 Å². The molecule has 3 heteroatoms. The number of hydrogen-bond donors (Lipinski definition) is 0. The van der Waals surface area contributed by atoms with Crippen LogP contribution < -0.4 is 0 Å². The summed E-state index contributed by atoms with van der Waals surface area (Å²) in [5.41, 5.74) is 0. The van der Waals surface area contributed by atoms with Crippen LogP contribution in [0.3, 0.4) is 0 Å². The molecule has 0 radical (unpaired) electrons. The molecular formula is C14H22O2S. The highest BCUT2D eigenvalue weighted by Crippen LogP contribution is 2.40. The predicted molar refractivity (Wildman–Crippen MR) is 69.3 cm³/mol. The Morgan fingerprint density at radius 2 is 1.41 bits per heavy atom. The van der Waals surface area contributed by atoms with Gasteiger partial charge in [0.1, 0.15) is 5.78 Å². The van der Waals surface area contributed by atoms with E-state index in [0.717, 1.165) is 38.5 Å². The molecule has 3 rings (SSSR count). The zero-order chi connectivity index (χ0) is 11.8. The highest BCUT2D eigenvalue weighted by atomic mass is 32.2. The van der Waals surface area contributed by atoms with Crippen LogP contribution in [0, 0.1) is 11.8 Å². The van der Waals surface area contributed by atoms with Gasteiger partial charge in [-0.2, -0.15) is 0 Å². The molecular weight excluding hydrogens is 232 g/mol. The lowest BCUT2D eigenvalue weighted by molar-refractivity contribution is -0.127. The van der Waals surface area contributed by atoms with E-state index in [1.807, 2.05) is 0 Å². The van der Waals surface area contributed by atoms with Gasteiger partial charge < -0.3 is 0 Å². The maximum Gasteiger partial charge on any atom is 0.139 e. The van der Waals surface area contributed by atoms with Crippen molar-refractivity contribution in [3.05, 3.63) is 0 Å². The number of Topliss-reactive ketones (excluding diaryl/α,β-unsaturated/α-hetero) is 1. The summed E-state index contributed by atoms with van der Waals surface area (Å²) in [5, 5.41) is 0.690. The van der Waals surface area contributed by atoms with Crippen molar-refractivity contribution in [3.63, 3.8) is 0 Å². The molecule has 2 atom stereocenters. The van der Waals surface area contributed by atoms with Crippen molar-refractivity contribution in [1.29, 1.82) is 0 Å². The van der Waals surface area contributed by atoms with Crippen LogP contribution in [0.15, 0.2) is 0 Å². The highest BCUT2D eigenvalue weighted by Gasteiger charge is 2.42. The minimum atomic E-state index is -0.627. The molecule has 2 unspecified atom stereocenters. The lowest BCUT2D eigenvalue weighted by Crippen LogP contribution is -2.42. The van der Waals surface area contributed by atoms with Crippen LogP contribution in [0.4, 0.5) is 0 Å². The molecule has 2 saturated heterocycles. The van der Waals surface area contributed by atoms with Crippen molar-refractivity contribution in [3.8, 4) is 0 Å². The van der Waals surface area contributed by atoms with Gasteiger partial charge in [0, 0.05) is 33.1 Å². The first-order valence-corrected chi connectivity index (χ1v) is 8.46. The third-order valence-electron chi connectivity index (χ3n) is 4.96. The third-order valence-corrected chi connectivity index (χ3v) is 7.13. The highest BCUT2D eigenvalue weighted by molar-refractivity contribution is 7.86. The lowest BCUT2D eigenvalue weighted by Gasteiger charge is -2.38. The van der Waals surface area contributed by atoms with E-state index in [1.165, 1.54) is 19.3 Å². The molecule has 1 saturated carbocycles. The summed E-state index contributed by atoms with van der Waals surface area (Å²) in [5.74, 6) is 1.13. The number of fused-ring (bicyclic) bond motifs is 2. The Balaban J connectivity index is 1.68. The number of hydrogen-bond acceptors (Lipinski definition) is 2. The number of rotatable bonds is 2. The second-order valence-electron chi connectivity index (χ2n) is 6.06. The van der Waals surface area contributed by atoms with Crippen molar-refractivity contribution in [2.45, 2.75) is 68.3 Å². The van der Waals surface area contributed by atoms with E-state index in [9.17, 15) is 9.00 Å². The Labute approximate surface area is 106 Å². The molecule has 0 N–H and O–H groups in total. The lowest BCUT2D eigenvalue weighted by atomic mass is 9.82. The Bertz CT molecular complexity index is 317. The molecule has 17 heavy (non-hydrogen) atoms. The largest absolute Gasteiger partial charge is 0.299 e. The van der Waals surface area contributed by atoms with Gasteiger partial charge in [0.15, 0.2) is 0 Å². The minimum Gasteiger partial charge on any atom is -0.299 e. The van der Waals surface area contributed by atoms with Crippen molar-refractivity contribution in [2.75, 3.05) is 0 Å². The standard InChI is InChI=1S/C14H22O2S/c15-14(10-4-1-2-5-10)11-8-12-6-3-7-13(9-11)17(12)16/h10-13H,1-9H2.